The van der Waals surface area contributed by atoms with Crippen LogP contribution in [0.15, 0.2) is 24.3 Å². The Morgan fingerprint density at radius 3 is 2.82 bits per heavy atom. The van der Waals surface area contributed by atoms with E-state index in [0.29, 0.717) is 0 Å². The smallest absolute Gasteiger partial charge is 0.136 e. The number of ether oxygens (including phenoxy) is 1. The number of anilines is 2. The van der Waals surface area contributed by atoms with Gasteiger partial charge in [0.05, 0.1) is 18.9 Å². The molecule has 0 spiro atoms. The lowest BCUT2D eigenvalue weighted by Gasteiger charge is -2.30. The van der Waals surface area contributed by atoms with Gasteiger partial charge in [0.1, 0.15) is 11.6 Å². The molecule has 1 N–H and O–H groups in total. The van der Waals surface area contributed by atoms with Gasteiger partial charge in [0, 0.05) is 36.4 Å². The molecule has 0 atom stereocenters. The minimum absolute atomic E-state index is 0.770. The van der Waals surface area contributed by atoms with Gasteiger partial charge in [0.2, 0.25) is 0 Å². The molecule has 0 bridgehead atoms. The first-order valence-electron chi connectivity index (χ1n) is 7.86. The average Bonchev–Trinajstić information content (AvgIpc) is 2.75. The summed E-state index contributed by atoms with van der Waals surface area (Å²) in [7, 11) is 0. The van der Waals surface area contributed by atoms with E-state index in [2.05, 4.69) is 34.5 Å². The highest BCUT2D eigenvalue weighted by molar-refractivity contribution is 5.81. The summed E-state index contributed by atoms with van der Waals surface area (Å²) in [5.41, 5.74) is 4.67. The van der Waals surface area contributed by atoms with E-state index in [1.165, 1.54) is 11.1 Å². The molecule has 1 fully saturated rings. The van der Waals surface area contributed by atoms with Gasteiger partial charge >= 0.3 is 0 Å². The molecule has 0 aliphatic carbocycles. The first-order valence-corrected chi connectivity index (χ1v) is 7.86. The van der Waals surface area contributed by atoms with E-state index >= 15 is 0 Å². The second kappa shape index (κ2) is 5.57. The Morgan fingerprint density at radius 2 is 1.95 bits per heavy atom. The third-order valence-electron chi connectivity index (χ3n) is 4.28. The monoisotopic (exact) mass is 296 g/mol. The fraction of sp³-hybridized carbons (Fsp3) is 0.412. The van der Waals surface area contributed by atoms with Crippen molar-refractivity contribution >= 4 is 11.5 Å². The lowest BCUT2D eigenvalue weighted by atomic mass is 10.0. The van der Waals surface area contributed by atoms with E-state index in [4.69, 9.17) is 14.7 Å². The summed E-state index contributed by atoms with van der Waals surface area (Å²) in [6, 6.07) is 8.40. The topological polar surface area (TPSA) is 50.3 Å². The van der Waals surface area contributed by atoms with Crippen molar-refractivity contribution in [3.63, 3.8) is 0 Å². The van der Waals surface area contributed by atoms with Crippen LogP contribution in [0.1, 0.15) is 11.4 Å². The summed E-state index contributed by atoms with van der Waals surface area (Å²) >= 11 is 0. The number of rotatable bonds is 1. The number of para-hydroxylation sites is 1. The molecule has 0 radical (unpaired) electrons. The van der Waals surface area contributed by atoms with Gasteiger partial charge in [-0.2, -0.15) is 0 Å². The van der Waals surface area contributed by atoms with Crippen molar-refractivity contribution in [1.29, 1.82) is 0 Å². The molecule has 22 heavy (non-hydrogen) atoms. The van der Waals surface area contributed by atoms with Gasteiger partial charge in [-0.3, -0.25) is 0 Å². The second-order valence-corrected chi connectivity index (χ2v) is 5.74. The van der Waals surface area contributed by atoms with Crippen LogP contribution < -0.4 is 10.2 Å². The van der Waals surface area contributed by atoms with Crippen LogP contribution in [0.2, 0.25) is 0 Å². The van der Waals surface area contributed by atoms with Crippen molar-refractivity contribution in [3.8, 4) is 11.3 Å². The molecule has 4 rings (SSSR count). The highest BCUT2D eigenvalue weighted by Gasteiger charge is 2.23. The summed E-state index contributed by atoms with van der Waals surface area (Å²) in [6.07, 6.45) is 0.941. The van der Waals surface area contributed by atoms with Crippen LogP contribution in [0.5, 0.6) is 0 Å². The molecule has 5 heteroatoms. The Kier molecular flexibility index (Phi) is 3.42. The van der Waals surface area contributed by atoms with Crippen LogP contribution in [-0.4, -0.2) is 42.8 Å². The highest BCUT2D eigenvalue weighted by atomic mass is 16.5. The maximum Gasteiger partial charge on any atom is 0.136 e. The first kappa shape index (κ1) is 13.5. The fourth-order valence-corrected chi connectivity index (χ4v) is 3.24. The normalized spacial score (nSPS) is 17.2. The predicted molar refractivity (Wildman–Crippen MR) is 87.4 cm³/mol. The van der Waals surface area contributed by atoms with Crippen LogP contribution in [-0.2, 0) is 11.2 Å². The number of aromatic nitrogens is 2. The molecule has 2 aliphatic rings. The van der Waals surface area contributed by atoms with E-state index < -0.39 is 0 Å². The molecule has 114 valence electrons. The Morgan fingerprint density at radius 1 is 1.14 bits per heavy atom. The third kappa shape index (κ3) is 2.31. The van der Waals surface area contributed by atoms with Crippen molar-refractivity contribution < 1.29 is 4.74 Å². The number of hydrogen-bond donors (Lipinski definition) is 1. The molecule has 2 aromatic rings. The number of nitrogens with zero attached hydrogens (tertiary/aromatic N) is 3. The molecule has 5 nitrogen and oxygen atoms in total. The maximum atomic E-state index is 5.48. The van der Waals surface area contributed by atoms with Gasteiger partial charge in [-0.15, -0.1) is 0 Å². The Bertz CT molecular complexity index is 695. The van der Waals surface area contributed by atoms with Gasteiger partial charge in [0.15, 0.2) is 0 Å². The maximum absolute atomic E-state index is 5.48. The van der Waals surface area contributed by atoms with Crippen molar-refractivity contribution in [2.45, 2.75) is 13.3 Å². The quantitative estimate of drug-likeness (QED) is 0.875. The Hall–Kier alpha value is -2.14. The molecule has 3 heterocycles. The van der Waals surface area contributed by atoms with Crippen LogP contribution in [0, 0.1) is 6.92 Å². The van der Waals surface area contributed by atoms with Crippen molar-refractivity contribution in [3.05, 3.63) is 35.7 Å². The van der Waals surface area contributed by atoms with Crippen molar-refractivity contribution in [2.24, 2.45) is 0 Å². The molecule has 0 saturated carbocycles. The SMILES string of the molecule is Cc1nc2c(c(N3CCOCC3)n1)CCNc1ccccc1-2. The summed E-state index contributed by atoms with van der Waals surface area (Å²) in [4.78, 5) is 11.9. The summed E-state index contributed by atoms with van der Waals surface area (Å²) in [5, 5.41) is 3.51. The number of aryl methyl sites for hydroxylation is 1. The van der Waals surface area contributed by atoms with Gasteiger partial charge in [-0.05, 0) is 19.4 Å². The largest absolute Gasteiger partial charge is 0.384 e. The lowest BCUT2D eigenvalue weighted by Crippen LogP contribution is -2.37. The first-order chi connectivity index (χ1) is 10.8. The molecule has 2 aliphatic heterocycles. The van der Waals surface area contributed by atoms with Crippen LogP contribution in [0.3, 0.4) is 0 Å². The summed E-state index contributed by atoms with van der Waals surface area (Å²) in [5.74, 6) is 1.92. The number of hydrogen-bond acceptors (Lipinski definition) is 5. The van der Waals surface area contributed by atoms with Crippen molar-refractivity contribution in [1.82, 2.24) is 9.97 Å². The lowest BCUT2D eigenvalue weighted by molar-refractivity contribution is 0.122. The minimum Gasteiger partial charge on any atom is -0.384 e. The average molecular weight is 296 g/mol. The van der Waals surface area contributed by atoms with E-state index in [1.54, 1.807) is 0 Å². The van der Waals surface area contributed by atoms with Gasteiger partial charge in [-0.25, -0.2) is 9.97 Å². The van der Waals surface area contributed by atoms with Crippen LogP contribution in [0.4, 0.5) is 11.5 Å². The van der Waals surface area contributed by atoms with E-state index in [9.17, 15) is 0 Å². The standard InChI is InChI=1S/C17H20N4O/c1-12-19-16-13-4-2-3-5-15(13)18-7-6-14(16)17(20-12)21-8-10-22-11-9-21/h2-5,18H,6-11H2,1H3. The van der Waals surface area contributed by atoms with Crippen molar-refractivity contribution in [2.75, 3.05) is 43.1 Å². The minimum atomic E-state index is 0.770. The van der Waals surface area contributed by atoms with Gasteiger partial charge in [0.25, 0.3) is 0 Å². The molecular weight excluding hydrogens is 276 g/mol. The number of nitrogens with one attached hydrogen (secondary N) is 1. The van der Waals surface area contributed by atoms with Gasteiger partial charge < -0.3 is 15.0 Å². The van der Waals surface area contributed by atoms with Crippen LogP contribution in [0.25, 0.3) is 11.3 Å². The number of benzene rings is 1. The summed E-state index contributed by atoms with van der Waals surface area (Å²) in [6.45, 7) is 6.23. The zero-order chi connectivity index (χ0) is 14.9. The zero-order valence-corrected chi connectivity index (χ0v) is 12.8. The molecule has 1 aromatic carbocycles. The van der Waals surface area contributed by atoms with Crippen LogP contribution >= 0.6 is 0 Å². The number of morpholine rings is 1. The van der Waals surface area contributed by atoms with E-state index in [1.807, 2.05) is 6.92 Å². The highest BCUT2D eigenvalue weighted by Crippen LogP contribution is 2.35. The third-order valence-corrected chi connectivity index (χ3v) is 4.28. The van der Waals surface area contributed by atoms with E-state index in [0.717, 1.165) is 62.3 Å². The van der Waals surface area contributed by atoms with Gasteiger partial charge in [-0.1, -0.05) is 18.2 Å². The number of fused-ring (bicyclic) bond motifs is 3. The molecule has 1 saturated heterocycles. The predicted octanol–water partition coefficient (Wildman–Crippen LogP) is 2.26. The summed E-state index contributed by atoms with van der Waals surface area (Å²) < 4.78 is 5.48. The molecule has 0 amide bonds. The van der Waals surface area contributed by atoms with E-state index in [-0.39, 0.29) is 0 Å². The molecular formula is C17H20N4O. The molecule has 1 aromatic heterocycles. The zero-order valence-electron chi connectivity index (χ0n) is 12.8. The second-order valence-electron chi connectivity index (χ2n) is 5.74. The molecule has 0 unspecified atom stereocenters. The Labute approximate surface area is 130 Å². The Balaban J connectivity index is 1.88. The fourth-order valence-electron chi connectivity index (χ4n) is 3.24.